The van der Waals surface area contributed by atoms with Crippen LogP contribution in [0.25, 0.3) is 11.3 Å². The van der Waals surface area contributed by atoms with Crippen LogP contribution in [0.2, 0.25) is 5.02 Å². The van der Waals surface area contributed by atoms with Crippen LogP contribution in [0.5, 0.6) is 5.75 Å². The van der Waals surface area contributed by atoms with Gasteiger partial charge in [-0.25, -0.2) is 0 Å². The maximum atomic E-state index is 12.2. The summed E-state index contributed by atoms with van der Waals surface area (Å²) in [5, 5.41) is 13.4. The number of furan rings is 1. The molecule has 3 rings (SSSR count). The minimum Gasteiger partial charge on any atom is -0.484 e. The molecule has 0 bridgehead atoms. The Morgan fingerprint density at radius 1 is 1.03 bits per heavy atom. The highest BCUT2D eigenvalue weighted by atomic mass is 35.5. The van der Waals surface area contributed by atoms with E-state index < -0.39 is 16.7 Å². The van der Waals surface area contributed by atoms with Gasteiger partial charge >= 0.3 is 0 Å². The molecule has 12 heteroatoms. The third-order valence-electron chi connectivity index (χ3n) is 3.92. The number of halogens is 1. The number of rotatable bonds is 6. The summed E-state index contributed by atoms with van der Waals surface area (Å²) in [6.07, 6.45) is 0. The number of non-ortho nitro benzene ring substituents is 1. The molecule has 0 unspecified atom stereocenters. The van der Waals surface area contributed by atoms with Crippen molar-refractivity contribution in [2.45, 2.75) is 0 Å². The van der Waals surface area contributed by atoms with Crippen LogP contribution >= 0.6 is 23.8 Å². The molecule has 3 aromatic rings. The summed E-state index contributed by atoms with van der Waals surface area (Å²) in [4.78, 5) is 34.1. The topological polar surface area (TPSA) is 136 Å². The van der Waals surface area contributed by atoms with Crippen molar-refractivity contribution in [3.05, 3.63) is 81.6 Å². The molecule has 0 saturated carbocycles. The molecule has 0 aliphatic heterocycles. The molecule has 0 atom stereocenters. The number of hydrogen-bond donors (Lipinski definition) is 3. The average Bonchev–Trinajstić information content (AvgIpc) is 3.27. The van der Waals surface area contributed by atoms with Crippen molar-refractivity contribution in [1.82, 2.24) is 16.2 Å². The van der Waals surface area contributed by atoms with Crippen molar-refractivity contribution in [3.8, 4) is 17.1 Å². The Morgan fingerprint density at radius 2 is 1.72 bits per heavy atom. The number of hydrazine groups is 1. The van der Waals surface area contributed by atoms with Crippen LogP contribution < -0.4 is 20.9 Å². The second kappa shape index (κ2) is 10.4. The van der Waals surface area contributed by atoms with E-state index in [1.54, 1.807) is 30.3 Å². The van der Waals surface area contributed by atoms with E-state index in [0.717, 1.165) is 5.56 Å². The largest absolute Gasteiger partial charge is 0.484 e. The molecule has 2 amide bonds. The summed E-state index contributed by atoms with van der Waals surface area (Å²) in [5.41, 5.74) is 5.27. The molecule has 32 heavy (non-hydrogen) atoms. The van der Waals surface area contributed by atoms with Gasteiger partial charge in [-0.15, -0.1) is 0 Å². The maximum absolute atomic E-state index is 12.2. The molecule has 0 aliphatic rings. The second-order valence-electron chi connectivity index (χ2n) is 6.17. The Bertz CT molecular complexity index is 1150. The number of carbonyl (C=O) groups excluding carboxylic acids is 2. The fraction of sp³-hybridized carbons (Fsp3) is 0.0500. The number of hydrogen-bond acceptors (Lipinski definition) is 7. The Morgan fingerprint density at radius 3 is 2.38 bits per heavy atom. The normalized spacial score (nSPS) is 10.2. The summed E-state index contributed by atoms with van der Waals surface area (Å²) in [6.45, 7) is -0.385. The average molecular weight is 475 g/mol. The van der Waals surface area contributed by atoms with Crippen molar-refractivity contribution in [2.75, 3.05) is 6.61 Å². The minimum atomic E-state index is -0.612. The lowest BCUT2D eigenvalue weighted by molar-refractivity contribution is -0.384. The molecule has 0 spiro atoms. The van der Waals surface area contributed by atoms with Gasteiger partial charge < -0.3 is 9.15 Å². The Balaban J connectivity index is 1.43. The van der Waals surface area contributed by atoms with Crippen LogP contribution in [-0.4, -0.2) is 28.5 Å². The van der Waals surface area contributed by atoms with Crippen LogP contribution in [-0.2, 0) is 4.79 Å². The quantitative estimate of drug-likeness (QED) is 0.281. The predicted octanol–water partition coefficient (Wildman–Crippen LogP) is 3.22. The van der Waals surface area contributed by atoms with E-state index in [1.807, 2.05) is 0 Å². The molecule has 164 valence electrons. The predicted molar refractivity (Wildman–Crippen MR) is 119 cm³/mol. The van der Waals surface area contributed by atoms with Crippen LogP contribution in [0.1, 0.15) is 10.6 Å². The standard InChI is InChI=1S/C20H15ClN4O6S/c21-13-3-1-12(2-4-13)16-9-10-17(31-16)19(27)22-20(32)24-23-18(26)11-30-15-7-5-14(6-8-15)25(28)29/h1-10H,11H2,(H,23,26)(H2,22,24,27,32). The third-order valence-corrected chi connectivity index (χ3v) is 4.37. The van der Waals surface area contributed by atoms with E-state index in [0.29, 0.717) is 10.8 Å². The van der Waals surface area contributed by atoms with Gasteiger partial charge in [0.2, 0.25) is 0 Å². The van der Waals surface area contributed by atoms with Gasteiger partial charge in [-0.2, -0.15) is 0 Å². The first-order valence-corrected chi connectivity index (χ1v) is 9.73. The highest BCUT2D eigenvalue weighted by Crippen LogP contribution is 2.23. The number of carbonyl (C=O) groups is 2. The SMILES string of the molecule is O=C(COc1ccc([N+](=O)[O-])cc1)NNC(=S)NC(=O)c1ccc(-c2ccc(Cl)cc2)o1. The molecule has 3 N–H and O–H groups in total. The number of nitrogens with one attached hydrogen (secondary N) is 3. The fourth-order valence-corrected chi connectivity index (χ4v) is 2.67. The first-order valence-electron chi connectivity index (χ1n) is 8.95. The number of nitro groups is 1. The first-order chi connectivity index (χ1) is 15.3. The second-order valence-corrected chi connectivity index (χ2v) is 7.01. The highest BCUT2D eigenvalue weighted by Gasteiger charge is 2.14. The number of ether oxygens (including phenoxy) is 1. The van der Waals surface area contributed by atoms with E-state index in [1.165, 1.54) is 30.3 Å². The lowest BCUT2D eigenvalue weighted by Crippen LogP contribution is -2.49. The van der Waals surface area contributed by atoms with Gasteiger partial charge in [-0.3, -0.25) is 35.9 Å². The summed E-state index contributed by atoms with van der Waals surface area (Å²) in [7, 11) is 0. The molecule has 2 aromatic carbocycles. The molecule has 10 nitrogen and oxygen atoms in total. The monoisotopic (exact) mass is 474 g/mol. The molecule has 0 aliphatic carbocycles. The molecule has 1 heterocycles. The smallest absolute Gasteiger partial charge is 0.293 e. The first kappa shape index (κ1) is 22.7. The van der Waals surface area contributed by atoms with Crippen LogP contribution in [0.3, 0.4) is 0 Å². The van der Waals surface area contributed by atoms with Gasteiger partial charge in [0, 0.05) is 22.7 Å². The lowest BCUT2D eigenvalue weighted by atomic mass is 10.2. The molecular weight excluding hydrogens is 460 g/mol. The number of nitrogens with zero attached hydrogens (tertiary/aromatic N) is 1. The van der Waals surface area contributed by atoms with Crippen molar-refractivity contribution < 1.29 is 23.7 Å². The molecule has 0 saturated heterocycles. The van der Waals surface area contributed by atoms with E-state index in [-0.39, 0.29) is 28.9 Å². The zero-order valence-corrected chi connectivity index (χ0v) is 17.7. The van der Waals surface area contributed by atoms with E-state index >= 15 is 0 Å². The lowest BCUT2D eigenvalue weighted by Gasteiger charge is -2.10. The summed E-state index contributed by atoms with van der Waals surface area (Å²) < 4.78 is 10.7. The van der Waals surface area contributed by atoms with Crippen molar-refractivity contribution in [2.24, 2.45) is 0 Å². The Kier molecular flexibility index (Phi) is 7.37. The van der Waals surface area contributed by atoms with E-state index in [4.69, 9.17) is 33.0 Å². The Hall–Kier alpha value is -3.96. The van der Waals surface area contributed by atoms with Gasteiger partial charge in [-0.1, -0.05) is 11.6 Å². The summed E-state index contributed by atoms with van der Waals surface area (Å²) >= 11 is 10.8. The van der Waals surface area contributed by atoms with Crippen LogP contribution in [0.4, 0.5) is 5.69 Å². The van der Waals surface area contributed by atoms with Gasteiger partial charge in [0.1, 0.15) is 11.5 Å². The Labute approximate surface area is 191 Å². The molecule has 0 radical (unpaired) electrons. The number of benzene rings is 2. The van der Waals surface area contributed by atoms with Gasteiger partial charge in [0.15, 0.2) is 17.5 Å². The number of thiocarbonyl (C=S) groups is 1. The van der Waals surface area contributed by atoms with Crippen molar-refractivity contribution in [1.29, 1.82) is 0 Å². The zero-order valence-electron chi connectivity index (χ0n) is 16.2. The van der Waals surface area contributed by atoms with Crippen LogP contribution in [0, 0.1) is 10.1 Å². The summed E-state index contributed by atoms with van der Waals surface area (Å²) in [5.74, 6) is -0.438. The number of amides is 2. The molecular formula is C20H15ClN4O6S. The minimum absolute atomic E-state index is 0.0203. The van der Waals surface area contributed by atoms with Crippen LogP contribution in [0.15, 0.2) is 65.1 Å². The van der Waals surface area contributed by atoms with Crippen molar-refractivity contribution >= 4 is 46.4 Å². The number of nitro benzene ring substituents is 1. The molecule has 1 aromatic heterocycles. The zero-order chi connectivity index (χ0) is 23.1. The third kappa shape index (κ3) is 6.27. The van der Waals surface area contributed by atoms with E-state index in [9.17, 15) is 19.7 Å². The fourth-order valence-electron chi connectivity index (χ4n) is 2.40. The molecule has 0 fully saturated rings. The maximum Gasteiger partial charge on any atom is 0.293 e. The van der Waals surface area contributed by atoms with E-state index in [2.05, 4.69) is 16.2 Å². The van der Waals surface area contributed by atoms with Gasteiger partial charge in [-0.05, 0) is 60.7 Å². The van der Waals surface area contributed by atoms with Gasteiger partial charge in [0.05, 0.1) is 4.92 Å². The van der Waals surface area contributed by atoms with Gasteiger partial charge in [0.25, 0.3) is 17.5 Å². The van der Waals surface area contributed by atoms with Crippen molar-refractivity contribution in [3.63, 3.8) is 0 Å². The highest BCUT2D eigenvalue weighted by molar-refractivity contribution is 7.80. The summed E-state index contributed by atoms with van der Waals surface area (Å²) in [6, 6.07) is 15.3.